The molecule has 2 aromatic carbocycles. The summed E-state index contributed by atoms with van der Waals surface area (Å²) in [5.74, 6) is -0.194. The fraction of sp³-hybridized carbons (Fsp3) is 0.0455. The lowest BCUT2D eigenvalue weighted by Gasteiger charge is -2.09. The molecule has 0 saturated heterocycles. The van der Waals surface area contributed by atoms with Gasteiger partial charge in [0.1, 0.15) is 5.82 Å². The van der Waals surface area contributed by atoms with Crippen LogP contribution in [0.3, 0.4) is 0 Å². The topological polar surface area (TPSA) is 22.2 Å². The van der Waals surface area contributed by atoms with E-state index >= 15 is 0 Å². The van der Waals surface area contributed by atoms with Gasteiger partial charge < -0.3 is 4.57 Å². The number of aromatic nitrogens is 3. The van der Waals surface area contributed by atoms with Crippen LogP contribution in [0.5, 0.6) is 0 Å². The average molecular weight is 341 g/mol. The number of nitrogens with zero attached hydrogens (tertiary/aromatic N) is 3. The molecule has 3 aromatic heterocycles. The van der Waals surface area contributed by atoms with Crippen LogP contribution in [0, 0.1) is 12.7 Å². The maximum absolute atomic E-state index is 14.1. The van der Waals surface area contributed by atoms with Gasteiger partial charge in [-0.25, -0.2) is 8.91 Å². The number of aryl methyl sites for hydroxylation is 1. The largest absolute Gasteiger partial charge is 0.316 e. The quantitative estimate of drug-likeness (QED) is 0.422. The Morgan fingerprint density at radius 1 is 0.885 bits per heavy atom. The van der Waals surface area contributed by atoms with Crippen LogP contribution in [0.4, 0.5) is 4.39 Å². The van der Waals surface area contributed by atoms with Crippen molar-refractivity contribution in [2.24, 2.45) is 0 Å². The third kappa shape index (κ3) is 2.23. The minimum Gasteiger partial charge on any atom is -0.316 e. The first-order valence-corrected chi connectivity index (χ1v) is 8.52. The molecule has 0 amide bonds. The summed E-state index contributed by atoms with van der Waals surface area (Å²) >= 11 is 0. The molecule has 0 spiro atoms. The summed E-state index contributed by atoms with van der Waals surface area (Å²) in [5.41, 5.74) is 5.93. The zero-order valence-corrected chi connectivity index (χ0v) is 14.2. The highest BCUT2D eigenvalue weighted by molar-refractivity contribution is 5.86. The van der Waals surface area contributed by atoms with E-state index in [-0.39, 0.29) is 5.82 Å². The summed E-state index contributed by atoms with van der Waals surface area (Å²) in [4.78, 5) is 0. The fourth-order valence-corrected chi connectivity index (χ4v) is 3.50. The number of rotatable bonds is 2. The molecule has 0 aliphatic carbocycles. The van der Waals surface area contributed by atoms with E-state index < -0.39 is 0 Å². The van der Waals surface area contributed by atoms with Gasteiger partial charge in [0.2, 0.25) is 0 Å². The molecule has 3 heterocycles. The molecule has 126 valence electrons. The molecule has 0 radical (unpaired) electrons. The van der Waals surface area contributed by atoms with Crippen molar-refractivity contribution >= 4 is 16.4 Å². The summed E-state index contributed by atoms with van der Waals surface area (Å²) in [5, 5.41) is 5.29. The molecule has 26 heavy (non-hydrogen) atoms. The Morgan fingerprint density at radius 2 is 1.81 bits per heavy atom. The maximum atomic E-state index is 14.1. The Labute approximate surface area is 149 Å². The molecule has 0 N–H and O–H groups in total. The van der Waals surface area contributed by atoms with Crippen molar-refractivity contribution in [3.8, 4) is 16.9 Å². The van der Waals surface area contributed by atoms with Crippen LogP contribution >= 0.6 is 0 Å². The third-order valence-corrected chi connectivity index (χ3v) is 4.79. The van der Waals surface area contributed by atoms with Gasteiger partial charge in [0.25, 0.3) is 0 Å². The van der Waals surface area contributed by atoms with Crippen molar-refractivity contribution in [2.75, 3.05) is 0 Å². The summed E-state index contributed by atoms with van der Waals surface area (Å²) in [6.45, 7) is 2.00. The van der Waals surface area contributed by atoms with Gasteiger partial charge in [-0.05, 0) is 55.0 Å². The first kappa shape index (κ1) is 14.9. The highest BCUT2D eigenvalue weighted by atomic mass is 19.1. The van der Waals surface area contributed by atoms with Crippen LogP contribution in [0.15, 0.2) is 79.1 Å². The molecule has 0 fully saturated rings. The highest BCUT2D eigenvalue weighted by Gasteiger charge is 2.11. The van der Waals surface area contributed by atoms with Gasteiger partial charge in [0, 0.05) is 29.0 Å². The number of hydrogen-bond donors (Lipinski definition) is 0. The first-order valence-electron chi connectivity index (χ1n) is 8.52. The molecule has 0 aliphatic rings. The van der Waals surface area contributed by atoms with Gasteiger partial charge in [-0.3, -0.25) is 0 Å². The summed E-state index contributed by atoms with van der Waals surface area (Å²) < 4.78 is 18.0. The van der Waals surface area contributed by atoms with Gasteiger partial charge in [-0.15, -0.1) is 0 Å². The van der Waals surface area contributed by atoms with Crippen LogP contribution in [-0.4, -0.2) is 14.2 Å². The SMILES string of the molecule is Cc1ccc(F)c2ccn(-c3cccc(-c4cc5ccccn5n4)c3)c12. The van der Waals surface area contributed by atoms with Crippen molar-refractivity contribution in [3.63, 3.8) is 0 Å². The first-order chi connectivity index (χ1) is 12.7. The smallest absolute Gasteiger partial charge is 0.132 e. The second-order valence-electron chi connectivity index (χ2n) is 6.46. The number of fused-ring (bicyclic) bond motifs is 2. The van der Waals surface area contributed by atoms with E-state index in [1.165, 1.54) is 6.07 Å². The van der Waals surface area contributed by atoms with E-state index in [4.69, 9.17) is 0 Å². The second kappa shape index (κ2) is 5.56. The number of pyridine rings is 1. The van der Waals surface area contributed by atoms with Crippen molar-refractivity contribution < 1.29 is 4.39 Å². The van der Waals surface area contributed by atoms with Crippen LogP contribution < -0.4 is 0 Å². The van der Waals surface area contributed by atoms with Crippen LogP contribution in [0.2, 0.25) is 0 Å². The molecular weight excluding hydrogens is 325 g/mol. The van der Waals surface area contributed by atoms with Crippen molar-refractivity contribution in [2.45, 2.75) is 6.92 Å². The summed E-state index contributed by atoms with van der Waals surface area (Å²) in [6, 6.07) is 21.4. The molecule has 3 nitrogen and oxygen atoms in total. The predicted molar refractivity (Wildman–Crippen MR) is 102 cm³/mol. The van der Waals surface area contributed by atoms with E-state index in [0.717, 1.165) is 33.5 Å². The Morgan fingerprint density at radius 3 is 2.69 bits per heavy atom. The average Bonchev–Trinajstić information content (AvgIpc) is 3.30. The Balaban J connectivity index is 1.68. The lowest BCUT2D eigenvalue weighted by molar-refractivity contribution is 0.639. The second-order valence-corrected chi connectivity index (χ2v) is 6.46. The van der Waals surface area contributed by atoms with Crippen LogP contribution in [0.1, 0.15) is 5.56 Å². The third-order valence-electron chi connectivity index (χ3n) is 4.79. The van der Waals surface area contributed by atoms with Crippen molar-refractivity contribution in [3.05, 3.63) is 90.5 Å². The molecule has 0 atom stereocenters. The molecule has 0 saturated carbocycles. The zero-order chi connectivity index (χ0) is 17.7. The lowest BCUT2D eigenvalue weighted by atomic mass is 10.1. The lowest BCUT2D eigenvalue weighted by Crippen LogP contribution is -1.95. The van der Waals surface area contributed by atoms with Gasteiger partial charge in [0.15, 0.2) is 0 Å². The van der Waals surface area contributed by atoms with Gasteiger partial charge in [-0.1, -0.05) is 24.3 Å². The highest BCUT2D eigenvalue weighted by Crippen LogP contribution is 2.28. The summed E-state index contributed by atoms with van der Waals surface area (Å²) in [7, 11) is 0. The molecule has 5 rings (SSSR count). The van der Waals surface area contributed by atoms with E-state index in [0.29, 0.717) is 5.39 Å². The Hall–Kier alpha value is -3.40. The number of hydrogen-bond acceptors (Lipinski definition) is 1. The van der Waals surface area contributed by atoms with Gasteiger partial charge in [-0.2, -0.15) is 5.10 Å². The predicted octanol–water partition coefficient (Wildman–Crippen LogP) is 5.39. The monoisotopic (exact) mass is 341 g/mol. The fourth-order valence-electron chi connectivity index (χ4n) is 3.50. The Bertz CT molecular complexity index is 1230. The standard InChI is InChI=1S/C22H16FN3/c1-15-8-9-20(23)19-10-12-25(22(15)19)17-7-4-5-16(13-17)21-14-18-6-2-3-11-26(18)24-21/h2-14H,1H3. The van der Waals surface area contributed by atoms with E-state index in [2.05, 4.69) is 17.2 Å². The van der Waals surface area contributed by atoms with Crippen molar-refractivity contribution in [1.82, 2.24) is 14.2 Å². The Kier molecular flexibility index (Phi) is 3.19. The molecule has 0 unspecified atom stereocenters. The molecular formula is C22H16FN3. The molecule has 0 bridgehead atoms. The van der Waals surface area contributed by atoms with Gasteiger partial charge >= 0.3 is 0 Å². The van der Waals surface area contributed by atoms with E-state index in [1.807, 2.05) is 76.9 Å². The van der Waals surface area contributed by atoms with E-state index in [1.54, 1.807) is 0 Å². The van der Waals surface area contributed by atoms with Crippen molar-refractivity contribution in [1.29, 1.82) is 0 Å². The maximum Gasteiger partial charge on any atom is 0.132 e. The number of benzene rings is 2. The van der Waals surface area contributed by atoms with E-state index in [9.17, 15) is 4.39 Å². The zero-order valence-electron chi connectivity index (χ0n) is 14.2. The normalized spacial score (nSPS) is 11.5. The van der Waals surface area contributed by atoms with Crippen LogP contribution in [-0.2, 0) is 0 Å². The van der Waals surface area contributed by atoms with Gasteiger partial charge in [0.05, 0.1) is 16.7 Å². The molecule has 4 heteroatoms. The molecule has 5 aromatic rings. The van der Waals surface area contributed by atoms with Crippen LogP contribution in [0.25, 0.3) is 33.4 Å². The number of halogens is 1. The minimum absolute atomic E-state index is 0.194. The molecule has 0 aliphatic heterocycles. The minimum atomic E-state index is -0.194. The summed E-state index contributed by atoms with van der Waals surface area (Å²) in [6.07, 6.45) is 3.86.